The van der Waals surface area contributed by atoms with Crippen molar-refractivity contribution in [3.05, 3.63) is 58.6 Å². The van der Waals surface area contributed by atoms with E-state index in [1.165, 1.54) is 13.2 Å². The first-order chi connectivity index (χ1) is 14.0. The van der Waals surface area contributed by atoms with Gasteiger partial charge in [-0.2, -0.15) is 8.78 Å². The molecule has 0 aliphatic carbocycles. The van der Waals surface area contributed by atoms with E-state index in [-0.39, 0.29) is 29.5 Å². The van der Waals surface area contributed by atoms with Gasteiger partial charge < -0.3 is 14.8 Å². The number of ether oxygens (including phenoxy) is 2. The number of benzene rings is 2. The highest BCUT2D eigenvalue weighted by molar-refractivity contribution is 6.30. The van der Waals surface area contributed by atoms with Crippen LogP contribution in [0.25, 0.3) is 0 Å². The highest BCUT2D eigenvalue weighted by atomic mass is 35.5. The van der Waals surface area contributed by atoms with Crippen LogP contribution in [-0.2, 0) is 11.2 Å². The number of carbonyl (C=O) groups excluding carboxylic acids is 1. The standard InChI is InChI=1S/C20H22ClF2N3O3/c1-28-17-6-5-12(9-18(17)29-20(22)23)7-8-24-19(27)16-11-15(25-26-16)13-3-2-4-14(21)10-13/h2-6,9-10,15-16,20,25-26H,7-8,11H2,1H3,(H,24,27). The lowest BCUT2D eigenvalue weighted by Crippen LogP contribution is -2.43. The molecule has 2 aromatic carbocycles. The monoisotopic (exact) mass is 425 g/mol. The summed E-state index contributed by atoms with van der Waals surface area (Å²) in [5.74, 6) is 0.0586. The molecule has 29 heavy (non-hydrogen) atoms. The van der Waals surface area contributed by atoms with Gasteiger partial charge in [-0.25, -0.2) is 10.9 Å². The van der Waals surface area contributed by atoms with E-state index in [4.69, 9.17) is 16.3 Å². The average Bonchev–Trinajstić information content (AvgIpc) is 3.18. The first-order valence-corrected chi connectivity index (χ1v) is 9.50. The number of rotatable bonds is 8. The van der Waals surface area contributed by atoms with Gasteiger partial charge in [-0.05, 0) is 48.2 Å². The van der Waals surface area contributed by atoms with E-state index in [0.717, 1.165) is 11.1 Å². The Morgan fingerprint density at radius 3 is 2.79 bits per heavy atom. The Labute approximate surface area is 172 Å². The Bertz CT molecular complexity index is 853. The quantitative estimate of drug-likeness (QED) is 0.605. The minimum atomic E-state index is -2.94. The minimum Gasteiger partial charge on any atom is -0.493 e. The maximum Gasteiger partial charge on any atom is 0.387 e. The smallest absolute Gasteiger partial charge is 0.387 e. The second kappa shape index (κ2) is 9.87. The van der Waals surface area contributed by atoms with E-state index in [9.17, 15) is 13.6 Å². The summed E-state index contributed by atoms with van der Waals surface area (Å²) in [6.07, 6.45) is 1.05. The number of alkyl halides is 2. The van der Waals surface area contributed by atoms with Crippen molar-refractivity contribution >= 4 is 17.5 Å². The van der Waals surface area contributed by atoms with Crippen molar-refractivity contribution < 1.29 is 23.0 Å². The highest BCUT2D eigenvalue weighted by Crippen LogP contribution is 2.29. The van der Waals surface area contributed by atoms with E-state index < -0.39 is 6.61 Å². The molecule has 2 unspecified atom stereocenters. The van der Waals surface area contributed by atoms with Crippen LogP contribution < -0.4 is 25.6 Å². The zero-order chi connectivity index (χ0) is 20.8. The van der Waals surface area contributed by atoms with Gasteiger partial charge in [-0.15, -0.1) is 0 Å². The number of hydrazine groups is 1. The van der Waals surface area contributed by atoms with Crippen molar-refractivity contribution in [2.75, 3.05) is 13.7 Å². The lowest BCUT2D eigenvalue weighted by Gasteiger charge is -2.13. The van der Waals surface area contributed by atoms with Gasteiger partial charge in [0.2, 0.25) is 5.91 Å². The van der Waals surface area contributed by atoms with Crippen LogP contribution in [0.15, 0.2) is 42.5 Å². The second-order valence-corrected chi connectivity index (χ2v) is 7.03. The van der Waals surface area contributed by atoms with Gasteiger partial charge in [0.25, 0.3) is 0 Å². The number of nitrogens with one attached hydrogen (secondary N) is 3. The lowest BCUT2D eigenvalue weighted by molar-refractivity contribution is -0.122. The van der Waals surface area contributed by atoms with Crippen LogP contribution in [0.3, 0.4) is 0 Å². The molecule has 0 saturated carbocycles. The zero-order valence-corrected chi connectivity index (χ0v) is 16.5. The van der Waals surface area contributed by atoms with Crippen molar-refractivity contribution in [1.29, 1.82) is 0 Å². The molecule has 0 radical (unpaired) electrons. The molecular formula is C20H22ClF2N3O3. The van der Waals surface area contributed by atoms with E-state index in [1.807, 2.05) is 18.2 Å². The summed E-state index contributed by atoms with van der Waals surface area (Å²) in [5.41, 5.74) is 7.85. The zero-order valence-electron chi connectivity index (χ0n) is 15.8. The van der Waals surface area contributed by atoms with Gasteiger partial charge in [0.15, 0.2) is 11.5 Å². The summed E-state index contributed by atoms with van der Waals surface area (Å²) in [4.78, 5) is 12.4. The molecule has 1 amide bonds. The van der Waals surface area contributed by atoms with Crippen molar-refractivity contribution in [3.63, 3.8) is 0 Å². The molecule has 9 heteroatoms. The van der Waals surface area contributed by atoms with Crippen molar-refractivity contribution in [3.8, 4) is 11.5 Å². The van der Waals surface area contributed by atoms with Crippen LogP contribution in [0.1, 0.15) is 23.6 Å². The van der Waals surface area contributed by atoms with Gasteiger partial charge in [-0.1, -0.05) is 29.8 Å². The van der Waals surface area contributed by atoms with Crippen LogP contribution in [0, 0.1) is 0 Å². The Balaban J connectivity index is 1.50. The van der Waals surface area contributed by atoms with Gasteiger partial charge in [0, 0.05) is 17.6 Å². The summed E-state index contributed by atoms with van der Waals surface area (Å²) in [6, 6.07) is 11.9. The van der Waals surface area contributed by atoms with Crippen molar-refractivity contribution in [1.82, 2.24) is 16.2 Å². The molecule has 1 heterocycles. The predicted octanol–water partition coefficient (Wildman–Crippen LogP) is 3.22. The Hall–Kier alpha value is -2.42. The number of methoxy groups -OCH3 is 1. The van der Waals surface area contributed by atoms with Gasteiger partial charge in [0.05, 0.1) is 7.11 Å². The number of halogens is 3. The first kappa shape index (κ1) is 21.3. The molecule has 1 saturated heterocycles. The summed E-state index contributed by atoms with van der Waals surface area (Å²) in [5, 5.41) is 3.50. The molecule has 0 spiro atoms. The van der Waals surface area contributed by atoms with Crippen molar-refractivity contribution in [2.45, 2.75) is 31.5 Å². The molecule has 0 bridgehead atoms. The van der Waals surface area contributed by atoms with E-state index in [0.29, 0.717) is 24.4 Å². The largest absolute Gasteiger partial charge is 0.493 e. The third-order valence-electron chi connectivity index (χ3n) is 4.63. The second-order valence-electron chi connectivity index (χ2n) is 6.59. The Morgan fingerprint density at radius 1 is 1.24 bits per heavy atom. The number of amides is 1. The molecule has 6 nitrogen and oxygen atoms in total. The molecule has 1 fully saturated rings. The molecule has 2 aromatic rings. The van der Waals surface area contributed by atoms with E-state index in [2.05, 4.69) is 20.9 Å². The minimum absolute atomic E-state index is 0.0138. The summed E-state index contributed by atoms with van der Waals surface area (Å²) in [6.45, 7) is -2.58. The van der Waals surface area contributed by atoms with Crippen LogP contribution in [-0.4, -0.2) is 32.2 Å². The summed E-state index contributed by atoms with van der Waals surface area (Å²) < 4.78 is 34.5. The molecule has 1 aliphatic heterocycles. The Morgan fingerprint density at radius 2 is 2.07 bits per heavy atom. The van der Waals surface area contributed by atoms with Gasteiger partial charge in [-0.3, -0.25) is 4.79 Å². The van der Waals surface area contributed by atoms with Crippen LogP contribution in [0.4, 0.5) is 8.78 Å². The summed E-state index contributed by atoms with van der Waals surface area (Å²) in [7, 11) is 1.38. The maximum atomic E-state index is 12.5. The van der Waals surface area contributed by atoms with E-state index in [1.54, 1.807) is 18.2 Å². The third kappa shape index (κ3) is 5.79. The molecule has 2 atom stereocenters. The van der Waals surface area contributed by atoms with Crippen molar-refractivity contribution in [2.24, 2.45) is 0 Å². The molecule has 3 rings (SSSR count). The van der Waals surface area contributed by atoms with Gasteiger partial charge >= 0.3 is 6.61 Å². The van der Waals surface area contributed by atoms with Crippen LogP contribution in [0.5, 0.6) is 11.5 Å². The first-order valence-electron chi connectivity index (χ1n) is 9.12. The third-order valence-corrected chi connectivity index (χ3v) is 4.86. The fourth-order valence-corrected chi connectivity index (χ4v) is 3.39. The number of carbonyl (C=O) groups is 1. The fourth-order valence-electron chi connectivity index (χ4n) is 3.19. The number of hydrogen-bond acceptors (Lipinski definition) is 5. The SMILES string of the molecule is COc1ccc(CCNC(=O)C2CC(c3cccc(Cl)c3)NN2)cc1OC(F)F. The van der Waals surface area contributed by atoms with Crippen LogP contribution in [0.2, 0.25) is 5.02 Å². The van der Waals surface area contributed by atoms with E-state index >= 15 is 0 Å². The fraction of sp³-hybridized carbons (Fsp3) is 0.350. The highest BCUT2D eigenvalue weighted by Gasteiger charge is 2.29. The molecular weight excluding hydrogens is 404 g/mol. The number of hydrogen-bond donors (Lipinski definition) is 3. The Kier molecular flexibility index (Phi) is 7.24. The van der Waals surface area contributed by atoms with Gasteiger partial charge in [0.1, 0.15) is 6.04 Å². The topological polar surface area (TPSA) is 71.6 Å². The predicted molar refractivity (Wildman–Crippen MR) is 105 cm³/mol. The van der Waals surface area contributed by atoms with Crippen LogP contribution >= 0.6 is 11.6 Å². The lowest BCUT2D eigenvalue weighted by atomic mass is 10.0. The molecule has 156 valence electrons. The summed E-state index contributed by atoms with van der Waals surface area (Å²) >= 11 is 6.02. The molecule has 1 aliphatic rings. The molecule has 0 aromatic heterocycles. The average molecular weight is 426 g/mol. The maximum absolute atomic E-state index is 12.5. The normalized spacial score (nSPS) is 18.7. The molecule has 3 N–H and O–H groups in total.